The first kappa shape index (κ1) is 19.6. The van der Waals surface area contributed by atoms with Crippen molar-refractivity contribution >= 4 is 45.8 Å². The molecule has 0 radical (unpaired) electrons. The van der Waals surface area contributed by atoms with E-state index in [1.165, 1.54) is 35.9 Å². The van der Waals surface area contributed by atoms with Crippen molar-refractivity contribution in [3.63, 3.8) is 0 Å². The van der Waals surface area contributed by atoms with E-state index in [4.69, 9.17) is 0 Å². The van der Waals surface area contributed by atoms with Gasteiger partial charge >= 0.3 is 0 Å². The maximum Gasteiger partial charge on any atom is 0.282 e. The quantitative estimate of drug-likeness (QED) is 0.473. The van der Waals surface area contributed by atoms with Gasteiger partial charge in [0.05, 0.1) is 12.3 Å². The first-order chi connectivity index (χ1) is 14.2. The highest BCUT2D eigenvalue weighted by Crippen LogP contribution is 2.17. The number of amides is 1. The molecule has 1 aliphatic heterocycles. The van der Waals surface area contributed by atoms with Gasteiger partial charge in [-0.1, -0.05) is 53.9 Å². The van der Waals surface area contributed by atoms with Crippen molar-refractivity contribution in [3.05, 3.63) is 58.6 Å². The smallest absolute Gasteiger partial charge is 0.282 e. The Labute approximate surface area is 175 Å². The average molecular weight is 427 g/mol. The molecule has 0 saturated heterocycles. The van der Waals surface area contributed by atoms with Crippen LogP contribution in [0.1, 0.15) is 5.56 Å². The van der Waals surface area contributed by atoms with Crippen LogP contribution in [0.2, 0.25) is 0 Å². The number of fused-ring (bicyclic) bond motifs is 1. The Kier molecular flexibility index (Phi) is 6.20. The van der Waals surface area contributed by atoms with Crippen LogP contribution in [0.15, 0.2) is 57.7 Å². The summed E-state index contributed by atoms with van der Waals surface area (Å²) in [5.41, 5.74) is 1.37. The van der Waals surface area contributed by atoms with Crippen LogP contribution in [0.4, 0.5) is 0 Å². The normalized spacial score (nSPS) is 13.4. The van der Waals surface area contributed by atoms with E-state index in [2.05, 4.69) is 25.3 Å². The van der Waals surface area contributed by atoms with Crippen LogP contribution in [0.5, 0.6) is 0 Å². The van der Waals surface area contributed by atoms with E-state index in [1.807, 2.05) is 30.3 Å². The summed E-state index contributed by atoms with van der Waals surface area (Å²) in [5, 5.41) is 3.89. The van der Waals surface area contributed by atoms with Gasteiger partial charge < -0.3 is 5.32 Å². The van der Waals surface area contributed by atoms with Gasteiger partial charge in [-0.25, -0.2) is 15.0 Å². The number of benzene rings is 1. The lowest BCUT2D eigenvalue weighted by Crippen LogP contribution is -2.30. The summed E-state index contributed by atoms with van der Waals surface area (Å²) in [4.78, 5) is 42.2. The number of hydrogen-bond donors (Lipinski definition) is 1. The summed E-state index contributed by atoms with van der Waals surface area (Å²) in [5.74, 6) is 0.835. The van der Waals surface area contributed by atoms with E-state index < -0.39 is 0 Å². The second-order valence-electron chi connectivity index (χ2n) is 6.19. The van der Waals surface area contributed by atoms with Gasteiger partial charge in [-0.05, 0) is 12.0 Å². The van der Waals surface area contributed by atoms with E-state index in [0.717, 1.165) is 17.9 Å². The van der Waals surface area contributed by atoms with Gasteiger partial charge in [0.25, 0.3) is 5.56 Å². The number of rotatable bonds is 6. The second-order valence-corrected chi connectivity index (χ2v) is 8.21. The number of aromatic nitrogens is 4. The van der Waals surface area contributed by atoms with Crippen LogP contribution in [-0.4, -0.2) is 48.6 Å². The van der Waals surface area contributed by atoms with Crippen molar-refractivity contribution in [1.82, 2.24) is 24.8 Å². The Balaban J connectivity index is 1.56. The van der Waals surface area contributed by atoms with Crippen LogP contribution >= 0.6 is 23.5 Å². The number of aliphatic imine (C=N–C) groups is 1. The zero-order chi connectivity index (χ0) is 20.1. The molecule has 0 saturated carbocycles. The Hall–Kier alpha value is -2.72. The summed E-state index contributed by atoms with van der Waals surface area (Å²) < 4.78 is 1.57. The van der Waals surface area contributed by atoms with Crippen molar-refractivity contribution < 1.29 is 4.79 Å². The molecule has 29 heavy (non-hydrogen) atoms. The predicted octanol–water partition coefficient (Wildman–Crippen LogP) is 1.74. The molecule has 0 atom stereocenters. The fourth-order valence-electron chi connectivity index (χ4n) is 2.82. The van der Waals surface area contributed by atoms with Gasteiger partial charge in [-0.15, -0.1) is 0 Å². The Morgan fingerprint density at radius 3 is 2.83 bits per heavy atom. The lowest BCUT2D eigenvalue weighted by molar-refractivity contribution is -0.117. The molecule has 0 fully saturated rings. The monoisotopic (exact) mass is 426 g/mol. The van der Waals surface area contributed by atoms with Gasteiger partial charge in [-0.2, -0.15) is 0 Å². The highest BCUT2D eigenvalue weighted by molar-refractivity contribution is 8.14. The molecular formula is C19H18N6O2S2. The van der Waals surface area contributed by atoms with E-state index in [0.29, 0.717) is 23.3 Å². The van der Waals surface area contributed by atoms with E-state index in [9.17, 15) is 9.59 Å². The third-order valence-electron chi connectivity index (χ3n) is 4.19. The molecule has 148 valence electrons. The number of nitrogens with zero attached hydrogens (tertiary/aromatic N) is 5. The molecule has 0 aliphatic carbocycles. The maximum absolute atomic E-state index is 13.0. The maximum atomic E-state index is 13.0. The molecule has 0 bridgehead atoms. The highest BCUT2D eigenvalue weighted by atomic mass is 32.2. The summed E-state index contributed by atoms with van der Waals surface area (Å²) in [7, 11) is 0. The highest BCUT2D eigenvalue weighted by Gasteiger charge is 2.16. The van der Waals surface area contributed by atoms with Crippen molar-refractivity contribution in [2.45, 2.75) is 18.1 Å². The lowest BCUT2D eigenvalue weighted by Gasteiger charge is -2.12. The molecule has 1 aliphatic rings. The molecular weight excluding hydrogens is 408 g/mol. The molecule has 1 aromatic carbocycles. The number of thioether (sulfide) groups is 2. The standard InChI is InChI=1S/C19H18N6O2S2/c26-14(23-18-22-9-11-28-18)12-29-19-24-16-15(20-7-8-21-16)17(27)25(19)10-6-13-4-2-1-3-5-13/h1-5,7-8H,6,9-12H2,(H,22,23,26). The van der Waals surface area contributed by atoms with E-state index in [-0.39, 0.29) is 28.4 Å². The molecule has 3 heterocycles. The lowest BCUT2D eigenvalue weighted by atomic mass is 10.1. The average Bonchev–Trinajstić information content (AvgIpc) is 3.25. The van der Waals surface area contributed by atoms with Crippen LogP contribution in [0.25, 0.3) is 11.2 Å². The molecule has 3 aromatic rings. The van der Waals surface area contributed by atoms with E-state index in [1.54, 1.807) is 4.57 Å². The first-order valence-electron chi connectivity index (χ1n) is 9.06. The fraction of sp³-hybridized carbons (Fsp3) is 0.263. The molecule has 2 aromatic heterocycles. The Morgan fingerprint density at radius 2 is 2.03 bits per heavy atom. The zero-order valence-electron chi connectivity index (χ0n) is 15.4. The van der Waals surface area contributed by atoms with Gasteiger partial charge in [0, 0.05) is 24.7 Å². The van der Waals surface area contributed by atoms with Crippen LogP contribution in [0.3, 0.4) is 0 Å². The van der Waals surface area contributed by atoms with Crippen LogP contribution in [-0.2, 0) is 17.8 Å². The molecule has 1 N–H and O–H groups in total. The predicted molar refractivity (Wildman–Crippen MR) is 115 cm³/mol. The second kappa shape index (κ2) is 9.19. The Bertz CT molecular complexity index is 1120. The number of nitrogens with one attached hydrogen (secondary N) is 1. The van der Waals surface area contributed by atoms with Crippen LogP contribution < -0.4 is 10.9 Å². The molecule has 8 nitrogen and oxygen atoms in total. The molecule has 0 spiro atoms. The number of amidine groups is 1. The third kappa shape index (κ3) is 4.83. The van der Waals surface area contributed by atoms with Crippen molar-refractivity contribution in [1.29, 1.82) is 0 Å². The van der Waals surface area contributed by atoms with Gasteiger partial charge in [0.1, 0.15) is 0 Å². The minimum Gasteiger partial charge on any atom is -0.305 e. The third-order valence-corrected chi connectivity index (χ3v) is 6.06. The summed E-state index contributed by atoms with van der Waals surface area (Å²) >= 11 is 2.74. The van der Waals surface area contributed by atoms with Gasteiger partial charge in [0.15, 0.2) is 21.5 Å². The van der Waals surface area contributed by atoms with Crippen molar-refractivity contribution in [3.8, 4) is 0 Å². The minimum absolute atomic E-state index is 0.128. The number of aryl methyl sites for hydroxylation is 1. The molecule has 1 amide bonds. The summed E-state index contributed by atoms with van der Waals surface area (Å²) in [6.45, 7) is 1.16. The van der Waals surface area contributed by atoms with E-state index >= 15 is 0 Å². The SMILES string of the molecule is O=C(CSc1nc2nccnc2c(=O)n1CCc1ccccc1)NC1=NCCS1. The molecule has 10 heteroatoms. The molecule has 4 rings (SSSR count). The minimum atomic E-state index is -0.252. The van der Waals surface area contributed by atoms with Crippen molar-refractivity contribution in [2.75, 3.05) is 18.1 Å². The first-order valence-corrected chi connectivity index (χ1v) is 11.0. The largest absolute Gasteiger partial charge is 0.305 e. The van der Waals surface area contributed by atoms with Gasteiger partial charge in [-0.3, -0.25) is 19.1 Å². The van der Waals surface area contributed by atoms with Crippen LogP contribution in [0, 0.1) is 0 Å². The topological polar surface area (TPSA) is 102 Å². The van der Waals surface area contributed by atoms with Crippen molar-refractivity contribution in [2.24, 2.45) is 4.99 Å². The Morgan fingerprint density at radius 1 is 1.21 bits per heavy atom. The summed E-state index contributed by atoms with van der Waals surface area (Å²) in [6.07, 6.45) is 3.65. The molecule has 0 unspecified atom stereocenters. The number of hydrogen-bond acceptors (Lipinski definition) is 8. The number of carbonyl (C=O) groups excluding carboxylic acids is 1. The number of carbonyl (C=O) groups is 1. The zero-order valence-corrected chi connectivity index (χ0v) is 17.1. The fourth-order valence-corrected chi connectivity index (χ4v) is 4.38. The summed E-state index contributed by atoms with van der Waals surface area (Å²) in [6, 6.07) is 9.91. The van der Waals surface area contributed by atoms with Gasteiger partial charge in [0.2, 0.25) is 5.91 Å².